The fraction of sp³-hybridized carbons (Fsp3) is 0.429. The van der Waals surface area contributed by atoms with E-state index in [4.69, 9.17) is 44.3 Å². The molecule has 2 heterocycles. The molecule has 3 aromatic rings. The number of hydrogen-bond donors (Lipinski definition) is 1. The first kappa shape index (κ1) is 30.0. The number of halogens is 3. The summed E-state index contributed by atoms with van der Waals surface area (Å²) in [5.74, 6) is 0.772. The zero-order chi connectivity index (χ0) is 29.2. The molecule has 0 radical (unpaired) electrons. The van der Waals surface area contributed by atoms with Crippen molar-refractivity contribution in [3.8, 4) is 17.2 Å². The van der Waals surface area contributed by atoms with Crippen LogP contribution >= 0.6 is 34.8 Å². The Morgan fingerprint density at radius 3 is 2.17 bits per heavy atom. The van der Waals surface area contributed by atoms with Gasteiger partial charge in [0.05, 0.1) is 47.4 Å². The van der Waals surface area contributed by atoms with E-state index in [9.17, 15) is 9.59 Å². The summed E-state index contributed by atoms with van der Waals surface area (Å²) in [6, 6.07) is 6.47. The van der Waals surface area contributed by atoms with Crippen LogP contribution in [-0.2, 0) is 11.2 Å². The smallest absolute Gasteiger partial charge is 0.256 e. The molecule has 1 fully saturated rings. The van der Waals surface area contributed by atoms with Crippen molar-refractivity contribution in [1.82, 2.24) is 19.9 Å². The van der Waals surface area contributed by atoms with Crippen LogP contribution in [0.3, 0.4) is 0 Å². The Balaban J connectivity index is 1.46. The molecule has 9 nitrogen and oxygen atoms in total. The third-order valence-electron chi connectivity index (χ3n) is 6.83. The molecular weight excluding hydrogens is 577 g/mol. The Hall–Kier alpha value is -3.01. The van der Waals surface area contributed by atoms with Gasteiger partial charge in [-0.05, 0) is 43.4 Å². The van der Waals surface area contributed by atoms with Crippen molar-refractivity contribution in [1.29, 1.82) is 0 Å². The van der Waals surface area contributed by atoms with Crippen LogP contribution in [0.1, 0.15) is 49.7 Å². The first-order valence-electron chi connectivity index (χ1n) is 12.8. The lowest BCUT2D eigenvalue weighted by Crippen LogP contribution is -2.39. The summed E-state index contributed by atoms with van der Waals surface area (Å²) < 4.78 is 12.4. The van der Waals surface area contributed by atoms with Crippen molar-refractivity contribution in [3.05, 3.63) is 56.8 Å². The first-order chi connectivity index (χ1) is 18.9. The Kier molecular flexibility index (Phi) is 9.17. The monoisotopic (exact) mass is 607 g/mol. The molecule has 4 rings (SSSR count). The van der Waals surface area contributed by atoms with Gasteiger partial charge in [-0.25, -0.2) is 4.68 Å². The average molecular weight is 609 g/mol. The van der Waals surface area contributed by atoms with Crippen LogP contribution < -0.4 is 14.8 Å². The van der Waals surface area contributed by atoms with E-state index >= 15 is 0 Å². The topological polar surface area (TPSA) is 98.6 Å². The lowest BCUT2D eigenvalue weighted by Gasteiger charge is -2.32. The molecule has 214 valence electrons. The number of nitrogens with one attached hydrogen (secondary N) is 1. The number of rotatable bonds is 7. The van der Waals surface area contributed by atoms with Gasteiger partial charge in [-0.3, -0.25) is 9.59 Å². The molecule has 1 aliphatic heterocycles. The molecule has 2 amide bonds. The Bertz CT molecular complexity index is 1390. The number of anilines is 1. The van der Waals surface area contributed by atoms with Gasteiger partial charge in [0.2, 0.25) is 5.91 Å². The van der Waals surface area contributed by atoms with Crippen molar-refractivity contribution in [2.45, 2.75) is 40.0 Å². The molecule has 12 heteroatoms. The third kappa shape index (κ3) is 6.65. The Morgan fingerprint density at radius 1 is 1.00 bits per heavy atom. The maximum Gasteiger partial charge on any atom is 0.256 e. The molecule has 0 saturated carbocycles. The summed E-state index contributed by atoms with van der Waals surface area (Å²) in [6.07, 6.45) is 4.09. The van der Waals surface area contributed by atoms with E-state index in [1.165, 1.54) is 14.2 Å². The molecule has 0 atom stereocenters. The maximum atomic E-state index is 13.7. The SMILES string of the molecule is COc1cc(NC(=O)C(C)(C)C)c(C(=O)N2CCC(Cc3cn(-c4c(Cl)cc(Cl)cc4Cl)nn3)CC2)cc1OC. The average Bonchev–Trinajstić information content (AvgIpc) is 3.34. The van der Waals surface area contributed by atoms with E-state index < -0.39 is 5.41 Å². The lowest BCUT2D eigenvalue weighted by molar-refractivity contribution is -0.123. The summed E-state index contributed by atoms with van der Waals surface area (Å²) in [5.41, 5.74) is 1.43. The van der Waals surface area contributed by atoms with Gasteiger partial charge in [0.1, 0.15) is 5.69 Å². The highest BCUT2D eigenvalue weighted by Crippen LogP contribution is 2.36. The second kappa shape index (κ2) is 12.2. The van der Waals surface area contributed by atoms with Gasteiger partial charge < -0.3 is 19.7 Å². The number of amides is 2. The van der Waals surface area contributed by atoms with E-state index in [2.05, 4.69) is 15.6 Å². The van der Waals surface area contributed by atoms with Crippen LogP contribution in [0, 0.1) is 11.3 Å². The predicted octanol–water partition coefficient (Wildman–Crippen LogP) is 6.32. The lowest BCUT2D eigenvalue weighted by atomic mass is 9.92. The van der Waals surface area contributed by atoms with Crippen LogP contribution in [0.25, 0.3) is 5.69 Å². The van der Waals surface area contributed by atoms with Gasteiger partial charge >= 0.3 is 0 Å². The summed E-state index contributed by atoms with van der Waals surface area (Å²) in [4.78, 5) is 28.2. The maximum absolute atomic E-state index is 13.7. The summed E-state index contributed by atoms with van der Waals surface area (Å²) in [5, 5.41) is 12.6. The quantitative estimate of drug-likeness (QED) is 0.337. The van der Waals surface area contributed by atoms with Crippen LogP contribution in [0.2, 0.25) is 15.1 Å². The number of likely N-dealkylation sites (tertiary alicyclic amines) is 1. The molecule has 1 aliphatic rings. The minimum atomic E-state index is -0.641. The number of hydrogen-bond acceptors (Lipinski definition) is 6. The molecule has 1 aromatic heterocycles. The highest BCUT2D eigenvalue weighted by molar-refractivity contribution is 6.40. The number of benzene rings is 2. The zero-order valence-electron chi connectivity index (χ0n) is 23.1. The number of aromatic nitrogens is 3. The van der Waals surface area contributed by atoms with E-state index in [0.717, 1.165) is 18.5 Å². The minimum absolute atomic E-state index is 0.179. The van der Waals surface area contributed by atoms with Crippen LogP contribution in [0.5, 0.6) is 11.5 Å². The second-order valence-electron chi connectivity index (χ2n) is 10.8. The Labute approximate surface area is 248 Å². The number of methoxy groups -OCH3 is 2. The largest absolute Gasteiger partial charge is 0.493 e. The van der Waals surface area contributed by atoms with E-state index in [-0.39, 0.29) is 11.8 Å². The minimum Gasteiger partial charge on any atom is -0.493 e. The summed E-state index contributed by atoms with van der Waals surface area (Å²) in [7, 11) is 3.02. The standard InChI is InChI=1S/C28H32Cl3N5O4/c1-28(2,3)27(38)32-22-14-24(40-5)23(39-4)13-19(22)26(37)35-8-6-16(7-9-35)10-18-15-36(34-33-18)25-20(30)11-17(29)12-21(25)31/h11-16H,6-10H2,1-5H3,(H,32,38). The normalized spacial score (nSPS) is 14.2. The summed E-state index contributed by atoms with van der Waals surface area (Å²) >= 11 is 18.7. The number of carbonyl (C=O) groups is 2. The van der Waals surface area contributed by atoms with Crippen molar-refractivity contribution < 1.29 is 19.1 Å². The van der Waals surface area contributed by atoms with E-state index in [1.807, 2.05) is 27.0 Å². The van der Waals surface area contributed by atoms with E-state index in [0.29, 0.717) is 68.9 Å². The number of piperidine rings is 1. The fourth-order valence-corrected chi connectivity index (χ4v) is 5.52. The molecule has 0 bridgehead atoms. The number of ether oxygens (including phenoxy) is 2. The van der Waals surface area contributed by atoms with Crippen LogP contribution in [0.15, 0.2) is 30.5 Å². The third-order valence-corrected chi connectivity index (χ3v) is 7.63. The van der Waals surface area contributed by atoms with E-state index in [1.54, 1.807) is 33.8 Å². The molecule has 0 spiro atoms. The molecule has 1 saturated heterocycles. The van der Waals surface area contributed by atoms with Gasteiger partial charge in [-0.2, -0.15) is 0 Å². The van der Waals surface area contributed by atoms with Crippen LogP contribution in [-0.4, -0.2) is 59.0 Å². The molecule has 1 N–H and O–H groups in total. The molecule has 0 aliphatic carbocycles. The van der Waals surface area contributed by atoms with Gasteiger partial charge in [-0.15, -0.1) is 5.10 Å². The molecule has 2 aromatic carbocycles. The van der Waals surface area contributed by atoms with Crippen molar-refractivity contribution >= 4 is 52.3 Å². The van der Waals surface area contributed by atoms with Crippen molar-refractivity contribution in [2.75, 3.05) is 32.6 Å². The van der Waals surface area contributed by atoms with Crippen molar-refractivity contribution in [2.24, 2.45) is 11.3 Å². The van der Waals surface area contributed by atoms with Crippen LogP contribution in [0.4, 0.5) is 5.69 Å². The Morgan fingerprint density at radius 2 is 1.60 bits per heavy atom. The molecular formula is C28H32Cl3N5O4. The second-order valence-corrected chi connectivity index (χ2v) is 12.0. The highest BCUT2D eigenvalue weighted by Gasteiger charge is 2.29. The number of carbonyl (C=O) groups excluding carboxylic acids is 2. The predicted molar refractivity (Wildman–Crippen MR) is 156 cm³/mol. The zero-order valence-corrected chi connectivity index (χ0v) is 25.3. The first-order valence-corrected chi connectivity index (χ1v) is 14.0. The highest BCUT2D eigenvalue weighted by atomic mass is 35.5. The molecule has 40 heavy (non-hydrogen) atoms. The van der Waals surface area contributed by atoms with Gasteiger partial charge in [0.25, 0.3) is 5.91 Å². The van der Waals surface area contributed by atoms with Gasteiger partial charge in [-0.1, -0.05) is 60.8 Å². The number of nitrogens with zero attached hydrogens (tertiary/aromatic N) is 4. The summed E-state index contributed by atoms with van der Waals surface area (Å²) in [6.45, 7) is 6.56. The van der Waals surface area contributed by atoms with Gasteiger partial charge in [0, 0.05) is 29.6 Å². The van der Waals surface area contributed by atoms with Gasteiger partial charge in [0.15, 0.2) is 11.5 Å². The molecule has 0 unspecified atom stereocenters. The van der Waals surface area contributed by atoms with Crippen molar-refractivity contribution in [3.63, 3.8) is 0 Å². The fourth-order valence-electron chi connectivity index (χ4n) is 4.53.